The van der Waals surface area contributed by atoms with Crippen LogP contribution in [0.1, 0.15) is 38.8 Å². The smallest absolute Gasteiger partial charge is 0.0795 e. The summed E-state index contributed by atoms with van der Waals surface area (Å²) in [5.41, 5.74) is 9.39. The summed E-state index contributed by atoms with van der Waals surface area (Å²) in [6, 6.07) is 0. The molecule has 0 saturated heterocycles. The summed E-state index contributed by atoms with van der Waals surface area (Å²) >= 11 is 1.67. The first-order chi connectivity index (χ1) is 8.60. The Morgan fingerprint density at radius 3 is 2.94 bits per heavy atom. The van der Waals surface area contributed by atoms with E-state index in [0.717, 1.165) is 19.0 Å². The van der Waals surface area contributed by atoms with E-state index < -0.39 is 0 Å². The third-order valence-corrected chi connectivity index (χ3v) is 5.60. The van der Waals surface area contributed by atoms with Gasteiger partial charge in [-0.3, -0.25) is 4.90 Å². The molecule has 0 bridgehead atoms. The van der Waals surface area contributed by atoms with Gasteiger partial charge in [0.15, 0.2) is 0 Å². The first-order valence-corrected chi connectivity index (χ1v) is 7.83. The topological polar surface area (TPSA) is 42.1 Å². The predicted octanol–water partition coefficient (Wildman–Crippen LogP) is 2.73. The highest BCUT2D eigenvalue weighted by Gasteiger charge is 2.43. The first-order valence-electron chi connectivity index (χ1n) is 6.88. The van der Waals surface area contributed by atoms with Crippen molar-refractivity contribution in [1.82, 2.24) is 9.88 Å². The molecular formula is C14H25N3S. The molecule has 1 aromatic rings. The third kappa shape index (κ3) is 2.46. The lowest BCUT2D eigenvalue weighted by molar-refractivity contribution is 0.000783. The number of hydrogen-bond donors (Lipinski definition) is 1. The summed E-state index contributed by atoms with van der Waals surface area (Å²) in [5.74, 6) is 1.42. The van der Waals surface area contributed by atoms with Gasteiger partial charge < -0.3 is 5.73 Å². The van der Waals surface area contributed by atoms with Crippen LogP contribution in [-0.4, -0.2) is 29.0 Å². The van der Waals surface area contributed by atoms with Crippen molar-refractivity contribution < 1.29 is 0 Å². The SMILES string of the molecule is CC1CCCC(CN)(N(C)Cc2cscn2)C1C. The molecule has 18 heavy (non-hydrogen) atoms. The van der Waals surface area contributed by atoms with E-state index in [2.05, 4.69) is 36.2 Å². The Labute approximate surface area is 114 Å². The second-order valence-electron chi connectivity index (χ2n) is 5.80. The van der Waals surface area contributed by atoms with Crippen LogP contribution < -0.4 is 5.73 Å². The van der Waals surface area contributed by atoms with Gasteiger partial charge >= 0.3 is 0 Å². The fourth-order valence-corrected chi connectivity index (χ4v) is 3.99. The molecule has 2 N–H and O–H groups in total. The monoisotopic (exact) mass is 267 g/mol. The van der Waals surface area contributed by atoms with Gasteiger partial charge in [0.25, 0.3) is 0 Å². The average Bonchev–Trinajstić information content (AvgIpc) is 2.85. The highest BCUT2D eigenvalue weighted by atomic mass is 32.1. The first kappa shape index (κ1) is 14.0. The van der Waals surface area contributed by atoms with Crippen molar-refractivity contribution in [3.8, 4) is 0 Å². The van der Waals surface area contributed by atoms with Crippen LogP contribution in [-0.2, 0) is 6.54 Å². The molecule has 0 spiro atoms. The quantitative estimate of drug-likeness (QED) is 0.912. The molecule has 4 heteroatoms. The van der Waals surface area contributed by atoms with Gasteiger partial charge in [-0.25, -0.2) is 4.98 Å². The minimum atomic E-state index is 0.154. The zero-order chi connectivity index (χ0) is 13.2. The van der Waals surface area contributed by atoms with Crippen LogP contribution in [0.3, 0.4) is 0 Å². The van der Waals surface area contributed by atoms with Gasteiger partial charge in [0.05, 0.1) is 11.2 Å². The van der Waals surface area contributed by atoms with Crippen molar-refractivity contribution in [2.24, 2.45) is 17.6 Å². The standard InChI is InChI=1S/C14H25N3S/c1-11-5-4-6-14(9-15,12(11)2)17(3)7-13-8-18-10-16-13/h8,10-12H,4-7,9,15H2,1-3H3. The molecule has 0 aromatic carbocycles. The normalized spacial score (nSPS) is 32.9. The number of hydrogen-bond acceptors (Lipinski definition) is 4. The molecule has 1 aliphatic rings. The highest BCUT2D eigenvalue weighted by Crippen LogP contribution is 2.41. The highest BCUT2D eigenvalue weighted by molar-refractivity contribution is 7.07. The number of likely N-dealkylation sites (N-methyl/N-ethyl adjacent to an activating group) is 1. The fourth-order valence-electron chi connectivity index (χ4n) is 3.44. The molecular weight excluding hydrogens is 242 g/mol. The van der Waals surface area contributed by atoms with Crippen LogP contribution in [0.25, 0.3) is 0 Å². The molecule has 1 aliphatic carbocycles. The van der Waals surface area contributed by atoms with E-state index in [-0.39, 0.29) is 5.54 Å². The molecule has 1 heterocycles. The van der Waals surface area contributed by atoms with Crippen LogP contribution in [0.15, 0.2) is 10.9 Å². The number of thiazole rings is 1. The predicted molar refractivity (Wildman–Crippen MR) is 77.5 cm³/mol. The van der Waals surface area contributed by atoms with E-state index in [1.165, 1.54) is 25.0 Å². The molecule has 1 fully saturated rings. The lowest BCUT2D eigenvalue weighted by Crippen LogP contribution is -2.59. The molecule has 0 aliphatic heterocycles. The molecule has 0 radical (unpaired) electrons. The van der Waals surface area contributed by atoms with Gasteiger partial charge in [-0.05, 0) is 25.3 Å². The van der Waals surface area contributed by atoms with Crippen molar-refractivity contribution in [2.45, 2.75) is 45.2 Å². The molecule has 3 unspecified atom stereocenters. The Kier molecular flexibility index (Phi) is 4.41. The number of rotatable bonds is 4. The lowest BCUT2D eigenvalue weighted by Gasteiger charge is -2.51. The molecule has 2 rings (SSSR count). The van der Waals surface area contributed by atoms with Crippen molar-refractivity contribution in [2.75, 3.05) is 13.6 Å². The summed E-state index contributed by atoms with van der Waals surface area (Å²) in [6.07, 6.45) is 3.85. The summed E-state index contributed by atoms with van der Waals surface area (Å²) in [6.45, 7) is 6.40. The van der Waals surface area contributed by atoms with Crippen molar-refractivity contribution in [3.05, 3.63) is 16.6 Å². The zero-order valence-electron chi connectivity index (χ0n) is 11.7. The Balaban J connectivity index is 2.15. The molecule has 1 saturated carbocycles. The van der Waals surface area contributed by atoms with E-state index in [4.69, 9.17) is 5.73 Å². The summed E-state index contributed by atoms with van der Waals surface area (Å²) in [4.78, 5) is 6.84. The van der Waals surface area contributed by atoms with E-state index in [1.54, 1.807) is 11.3 Å². The Bertz CT molecular complexity index is 365. The maximum atomic E-state index is 6.16. The van der Waals surface area contributed by atoms with Gasteiger partial charge in [-0.2, -0.15) is 0 Å². The maximum Gasteiger partial charge on any atom is 0.0795 e. The van der Waals surface area contributed by atoms with Crippen LogP contribution in [0.5, 0.6) is 0 Å². The second kappa shape index (κ2) is 5.68. The molecule has 3 nitrogen and oxygen atoms in total. The van der Waals surface area contributed by atoms with E-state index in [1.807, 2.05) is 5.51 Å². The minimum Gasteiger partial charge on any atom is -0.329 e. The van der Waals surface area contributed by atoms with Crippen LogP contribution in [0.4, 0.5) is 0 Å². The molecule has 3 atom stereocenters. The Morgan fingerprint density at radius 1 is 1.56 bits per heavy atom. The van der Waals surface area contributed by atoms with Gasteiger partial charge in [-0.15, -0.1) is 11.3 Å². The maximum absolute atomic E-state index is 6.16. The fraction of sp³-hybridized carbons (Fsp3) is 0.786. The van der Waals surface area contributed by atoms with Crippen molar-refractivity contribution in [3.63, 3.8) is 0 Å². The number of nitrogens with two attached hydrogens (primary N) is 1. The summed E-state index contributed by atoms with van der Waals surface area (Å²) in [7, 11) is 2.21. The average molecular weight is 267 g/mol. The van der Waals surface area contributed by atoms with Crippen LogP contribution in [0.2, 0.25) is 0 Å². The van der Waals surface area contributed by atoms with E-state index >= 15 is 0 Å². The van der Waals surface area contributed by atoms with Gasteiger partial charge in [-0.1, -0.05) is 26.7 Å². The minimum absolute atomic E-state index is 0.154. The zero-order valence-corrected chi connectivity index (χ0v) is 12.5. The van der Waals surface area contributed by atoms with Crippen LogP contribution in [0, 0.1) is 11.8 Å². The van der Waals surface area contributed by atoms with Crippen molar-refractivity contribution >= 4 is 11.3 Å². The van der Waals surface area contributed by atoms with E-state index in [0.29, 0.717) is 5.92 Å². The van der Waals surface area contributed by atoms with Gasteiger partial charge in [0.2, 0.25) is 0 Å². The molecule has 1 aromatic heterocycles. The van der Waals surface area contributed by atoms with Crippen LogP contribution >= 0.6 is 11.3 Å². The molecule has 0 amide bonds. The summed E-state index contributed by atoms with van der Waals surface area (Å²) in [5, 5.41) is 2.14. The second-order valence-corrected chi connectivity index (χ2v) is 6.52. The van der Waals surface area contributed by atoms with Gasteiger partial charge in [0.1, 0.15) is 0 Å². The third-order valence-electron chi connectivity index (χ3n) is 4.97. The van der Waals surface area contributed by atoms with Gasteiger partial charge in [0, 0.05) is 24.0 Å². The molecule has 102 valence electrons. The largest absolute Gasteiger partial charge is 0.329 e. The number of aromatic nitrogens is 1. The lowest BCUT2D eigenvalue weighted by atomic mass is 9.67. The number of nitrogens with zero attached hydrogens (tertiary/aromatic N) is 2. The Morgan fingerprint density at radius 2 is 2.33 bits per heavy atom. The summed E-state index contributed by atoms with van der Waals surface area (Å²) < 4.78 is 0. The van der Waals surface area contributed by atoms with Crippen molar-refractivity contribution in [1.29, 1.82) is 0 Å². The Hall–Kier alpha value is -0.450. The van der Waals surface area contributed by atoms with E-state index in [9.17, 15) is 0 Å².